The Morgan fingerprint density at radius 3 is 2.81 bits per heavy atom. The number of rotatable bonds is 3. The summed E-state index contributed by atoms with van der Waals surface area (Å²) in [6, 6.07) is 2.74. The van der Waals surface area contributed by atoms with Crippen molar-refractivity contribution in [2.45, 2.75) is 45.6 Å². The molecule has 3 atom stereocenters. The van der Waals surface area contributed by atoms with Crippen LogP contribution in [0, 0.1) is 6.92 Å². The molecule has 0 bridgehead atoms. The third kappa shape index (κ3) is 3.74. The van der Waals surface area contributed by atoms with Crippen molar-refractivity contribution < 1.29 is 9.90 Å². The quantitative estimate of drug-likeness (QED) is 0.725. The van der Waals surface area contributed by atoms with Gasteiger partial charge in [0.1, 0.15) is 0 Å². The van der Waals surface area contributed by atoms with Crippen molar-refractivity contribution >= 4 is 25.4 Å². The van der Waals surface area contributed by atoms with E-state index in [0.717, 1.165) is 41.9 Å². The van der Waals surface area contributed by atoms with Gasteiger partial charge in [-0.3, -0.25) is 9.69 Å². The average Bonchev–Trinajstić information content (AvgIpc) is 3.14. The van der Waals surface area contributed by atoms with E-state index in [0.29, 0.717) is 26.3 Å². The smallest absolute Gasteiger partial charge is 0.252 e. The molecule has 5 rings (SSSR count). The minimum absolute atomic E-state index is 0.0131. The van der Waals surface area contributed by atoms with Crippen molar-refractivity contribution in [3.05, 3.63) is 59.8 Å². The molecule has 0 radical (unpaired) electrons. The van der Waals surface area contributed by atoms with Crippen LogP contribution in [0.2, 0.25) is 0 Å². The fraction of sp³-hybridized carbons (Fsp3) is 0.417. The minimum Gasteiger partial charge on any atom is -0.504 e. The van der Waals surface area contributed by atoms with E-state index >= 15 is 0 Å². The van der Waals surface area contributed by atoms with Crippen LogP contribution < -0.4 is 0 Å². The second-order valence-electron chi connectivity index (χ2n) is 9.16. The van der Waals surface area contributed by atoms with E-state index in [1.54, 1.807) is 12.1 Å². The average molecular weight is 452 g/mol. The molecule has 2 aromatic rings. The Hall–Kier alpha value is -2.63. The Balaban J connectivity index is 1.37. The number of fused-ring (bicyclic) bond motifs is 2. The first-order valence-electron chi connectivity index (χ1n) is 11.2. The third-order valence-corrected chi connectivity index (χ3v) is 8.03. The zero-order valence-electron chi connectivity index (χ0n) is 19.0. The first-order chi connectivity index (χ1) is 15.3. The number of carbonyl (C=O) groups is 1. The Kier molecular flexibility index (Phi) is 5.34. The summed E-state index contributed by atoms with van der Waals surface area (Å²) >= 11 is 0. The Labute approximate surface area is 190 Å². The zero-order valence-corrected chi connectivity index (χ0v) is 20.0. The summed E-state index contributed by atoms with van der Waals surface area (Å²) in [5.74, 6) is 0.135. The van der Waals surface area contributed by atoms with Gasteiger partial charge in [-0.05, 0) is 45.2 Å². The van der Waals surface area contributed by atoms with Gasteiger partial charge < -0.3 is 19.3 Å². The van der Waals surface area contributed by atoms with Gasteiger partial charge in [0.05, 0.1) is 17.2 Å². The molecule has 0 aromatic carbocycles. The summed E-state index contributed by atoms with van der Waals surface area (Å²) in [6.45, 7) is 11.6. The second kappa shape index (κ2) is 8.05. The summed E-state index contributed by atoms with van der Waals surface area (Å²) in [6.07, 6.45) is 11.9. The standard InChI is InChI=1S/C24H30N5O2P/c1-15(2)28-8-7-26(12-17(28)4)19-5-6-23-29(14-19)22(31)10-21(32-23)18-9-20(30)24-25-16(3)11-27(24)13-18/h5-6,9-11,13-15,17,23,30,32H,7-8,12H2,1-4H3/t17-,23?/m0/s1. The lowest BCUT2D eigenvalue weighted by Gasteiger charge is -2.44. The van der Waals surface area contributed by atoms with Crippen molar-refractivity contribution in [3.8, 4) is 5.75 Å². The highest BCUT2D eigenvalue weighted by Crippen LogP contribution is 2.45. The topological polar surface area (TPSA) is 64.3 Å². The predicted octanol–water partition coefficient (Wildman–Crippen LogP) is 3.36. The number of piperazine rings is 1. The molecule has 1 saturated heterocycles. The number of nitrogens with zero attached hydrogens (tertiary/aromatic N) is 5. The van der Waals surface area contributed by atoms with E-state index in [1.807, 2.05) is 34.8 Å². The van der Waals surface area contributed by atoms with Crippen LogP contribution in [-0.4, -0.2) is 72.6 Å². The van der Waals surface area contributed by atoms with E-state index in [9.17, 15) is 9.90 Å². The highest BCUT2D eigenvalue weighted by Gasteiger charge is 2.32. The largest absolute Gasteiger partial charge is 0.504 e. The first kappa shape index (κ1) is 21.2. The lowest BCUT2D eigenvalue weighted by molar-refractivity contribution is -0.123. The molecule has 7 nitrogen and oxygen atoms in total. The Morgan fingerprint density at radius 1 is 1.25 bits per heavy atom. The van der Waals surface area contributed by atoms with Crippen molar-refractivity contribution in [2.24, 2.45) is 0 Å². The molecule has 168 valence electrons. The summed E-state index contributed by atoms with van der Waals surface area (Å²) < 4.78 is 1.83. The lowest BCUT2D eigenvalue weighted by Crippen LogP contribution is -2.54. The van der Waals surface area contributed by atoms with E-state index in [4.69, 9.17) is 0 Å². The molecule has 0 saturated carbocycles. The third-order valence-electron chi connectivity index (χ3n) is 6.52. The molecule has 1 amide bonds. The molecule has 0 spiro atoms. The summed E-state index contributed by atoms with van der Waals surface area (Å²) in [5.41, 5.74) is 3.35. The predicted molar refractivity (Wildman–Crippen MR) is 129 cm³/mol. The molecule has 32 heavy (non-hydrogen) atoms. The summed E-state index contributed by atoms with van der Waals surface area (Å²) in [7, 11) is 0.410. The van der Waals surface area contributed by atoms with Gasteiger partial charge in [-0.2, -0.15) is 0 Å². The number of hydrogen-bond donors (Lipinski definition) is 1. The van der Waals surface area contributed by atoms with Gasteiger partial charge in [0.15, 0.2) is 11.4 Å². The highest BCUT2D eigenvalue weighted by molar-refractivity contribution is 7.51. The molecular weight excluding hydrogens is 421 g/mol. The van der Waals surface area contributed by atoms with Gasteiger partial charge in [0, 0.05) is 62.0 Å². The molecule has 3 aliphatic rings. The number of carbonyl (C=O) groups excluding carboxylic acids is 1. The Bertz CT molecular complexity index is 1160. The molecule has 2 aromatic heterocycles. The first-order valence-corrected chi connectivity index (χ1v) is 12.3. The molecule has 1 fully saturated rings. The maximum absolute atomic E-state index is 13.1. The van der Waals surface area contributed by atoms with Crippen LogP contribution in [0.15, 0.2) is 48.6 Å². The maximum atomic E-state index is 13.1. The minimum atomic E-state index is -0.0131. The fourth-order valence-electron chi connectivity index (χ4n) is 4.94. The maximum Gasteiger partial charge on any atom is 0.252 e. The number of aromatic nitrogens is 2. The fourth-order valence-corrected chi connectivity index (χ4v) is 6.31. The molecule has 0 aliphatic carbocycles. The van der Waals surface area contributed by atoms with Crippen molar-refractivity contribution in [3.63, 3.8) is 0 Å². The van der Waals surface area contributed by atoms with Crippen LogP contribution in [0.3, 0.4) is 0 Å². The summed E-state index contributed by atoms with van der Waals surface area (Å²) in [5, 5.41) is 11.4. The van der Waals surface area contributed by atoms with Crippen LogP contribution in [0.25, 0.3) is 11.0 Å². The van der Waals surface area contributed by atoms with E-state index < -0.39 is 0 Å². The lowest BCUT2D eigenvalue weighted by atomic mass is 10.1. The monoisotopic (exact) mass is 451 g/mol. The number of pyridine rings is 1. The zero-order chi connectivity index (χ0) is 22.6. The number of amides is 1. The van der Waals surface area contributed by atoms with E-state index in [-0.39, 0.29) is 17.4 Å². The van der Waals surface area contributed by atoms with Gasteiger partial charge in [0.25, 0.3) is 5.91 Å². The van der Waals surface area contributed by atoms with E-state index in [1.165, 1.54) is 0 Å². The van der Waals surface area contributed by atoms with Crippen LogP contribution >= 0.6 is 8.58 Å². The molecule has 8 heteroatoms. The van der Waals surface area contributed by atoms with E-state index in [2.05, 4.69) is 47.7 Å². The molecule has 2 unspecified atom stereocenters. The highest BCUT2D eigenvalue weighted by atomic mass is 31.1. The summed E-state index contributed by atoms with van der Waals surface area (Å²) in [4.78, 5) is 24.2. The number of imidazole rings is 1. The van der Waals surface area contributed by atoms with Crippen molar-refractivity contribution in [1.82, 2.24) is 24.1 Å². The molecular formula is C24H30N5O2P. The molecule has 1 N–H and O–H groups in total. The second-order valence-corrected chi connectivity index (χ2v) is 10.6. The van der Waals surface area contributed by atoms with Gasteiger partial charge >= 0.3 is 0 Å². The van der Waals surface area contributed by atoms with Crippen LogP contribution in [0.5, 0.6) is 5.75 Å². The SMILES string of the molecule is Cc1cn2cc(C3=CC(=O)N4C=C(N5CCN(C(C)C)[C@@H](C)C5)C=CC4P3)cc(O)c2n1. The van der Waals surface area contributed by atoms with Gasteiger partial charge in [-0.25, -0.2) is 4.98 Å². The number of aryl methyl sites for hydroxylation is 1. The van der Waals surface area contributed by atoms with Crippen molar-refractivity contribution in [1.29, 1.82) is 0 Å². The number of allylic oxidation sites excluding steroid dienone is 1. The molecule has 5 heterocycles. The number of hydrogen-bond acceptors (Lipinski definition) is 5. The van der Waals surface area contributed by atoms with Crippen molar-refractivity contribution in [2.75, 3.05) is 19.6 Å². The van der Waals surface area contributed by atoms with Crippen LogP contribution in [-0.2, 0) is 4.79 Å². The van der Waals surface area contributed by atoms with Gasteiger partial charge in [-0.1, -0.05) is 14.7 Å². The van der Waals surface area contributed by atoms with Crippen LogP contribution in [0.4, 0.5) is 0 Å². The normalized spacial score (nSPS) is 25.0. The Morgan fingerprint density at radius 2 is 2.06 bits per heavy atom. The molecule has 3 aliphatic heterocycles. The number of aromatic hydroxyl groups is 1. The van der Waals surface area contributed by atoms with Gasteiger partial charge in [0.2, 0.25) is 0 Å². The van der Waals surface area contributed by atoms with Gasteiger partial charge in [-0.15, -0.1) is 0 Å². The van der Waals surface area contributed by atoms with Crippen LogP contribution in [0.1, 0.15) is 32.0 Å².